The molecular formula is C14H22N4O. The van der Waals surface area contributed by atoms with Crippen LogP contribution >= 0.6 is 0 Å². The molecule has 5 heteroatoms. The van der Waals surface area contributed by atoms with Crippen molar-refractivity contribution < 1.29 is 4.74 Å². The number of aromatic nitrogens is 2. The number of rotatable bonds is 2. The molecule has 0 radical (unpaired) electrons. The number of nitrogens with two attached hydrogens (primary N) is 1. The first-order chi connectivity index (χ1) is 8.96. The van der Waals surface area contributed by atoms with Gasteiger partial charge in [0, 0.05) is 24.6 Å². The van der Waals surface area contributed by atoms with E-state index in [1.54, 1.807) is 0 Å². The quantitative estimate of drug-likeness (QED) is 0.881. The molecule has 5 nitrogen and oxygen atoms in total. The van der Waals surface area contributed by atoms with E-state index in [2.05, 4.69) is 23.7 Å². The minimum absolute atomic E-state index is 0.135. The van der Waals surface area contributed by atoms with Crippen molar-refractivity contribution >= 4 is 11.6 Å². The summed E-state index contributed by atoms with van der Waals surface area (Å²) < 4.78 is 5.76. The Kier molecular flexibility index (Phi) is 2.89. The third-order valence-corrected chi connectivity index (χ3v) is 3.84. The standard InChI is InChI=1S/C14H22N4O/c1-9-11(15)16-12(10-4-5-10)17-13(9)18-6-7-19-14(2,3)8-18/h10H,4-8H2,1-3H3,(H2,15,16,17). The number of nitrogens with zero attached hydrogens (tertiary/aromatic N) is 3. The summed E-state index contributed by atoms with van der Waals surface area (Å²) in [5.74, 6) is 3.06. The molecule has 2 heterocycles. The molecule has 2 aliphatic rings. The van der Waals surface area contributed by atoms with E-state index < -0.39 is 0 Å². The minimum atomic E-state index is -0.135. The fraction of sp³-hybridized carbons (Fsp3) is 0.714. The summed E-state index contributed by atoms with van der Waals surface area (Å²) in [6.07, 6.45) is 2.38. The van der Waals surface area contributed by atoms with Gasteiger partial charge in [-0.1, -0.05) is 0 Å². The number of ether oxygens (including phenoxy) is 1. The predicted octanol–water partition coefficient (Wildman–Crippen LogP) is 1.86. The summed E-state index contributed by atoms with van der Waals surface area (Å²) in [7, 11) is 0. The van der Waals surface area contributed by atoms with E-state index in [0.29, 0.717) is 11.7 Å². The Balaban J connectivity index is 1.94. The van der Waals surface area contributed by atoms with Gasteiger partial charge in [0.15, 0.2) is 0 Å². The van der Waals surface area contributed by atoms with Gasteiger partial charge >= 0.3 is 0 Å². The molecule has 1 saturated carbocycles. The van der Waals surface area contributed by atoms with Gasteiger partial charge in [-0.3, -0.25) is 0 Å². The SMILES string of the molecule is Cc1c(N)nc(C2CC2)nc1N1CCOC(C)(C)C1. The largest absolute Gasteiger partial charge is 0.383 e. The van der Waals surface area contributed by atoms with E-state index in [0.717, 1.165) is 36.9 Å². The summed E-state index contributed by atoms with van der Waals surface area (Å²) in [5, 5.41) is 0. The summed E-state index contributed by atoms with van der Waals surface area (Å²) in [5.41, 5.74) is 6.91. The highest BCUT2D eigenvalue weighted by molar-refractivity contribution is 5.57. The molecule has 1 aliphatic carbocycles. The second-order valence-electron chi connectivity index (χ2n) is 6.22. The van der Waals surface area contributed by atoms with Crippen LogP contribution in [-0.4, -0.2) is 35.3 Å². The first-order valence-electron chi connectivity index (χ1n) is 6.99. The van der Waals surface area contributed by atoms with Crippen LogP contribution in [0.15, 0.2) is 0 Å². The summed E-state index contributed by atoms with van der Waals surface area (Å²) in [6, 6.07) is 0. The molecule has 0 aromatic carbocycles. The van der Waals surface area contributed by atoms with Crippen LogP contribution in [0.1, 0.15) is 44.0 Å². The van der Waals surface area contributed by atoms with Gasteiger partial charge in [0.05, 0.1) is 12.2 Å². The molecule has 19 heavy (non-hydrogen) atoms. The van der Waals surface area contributed by atoms with Crippen LogP contribution < -0.4 is 10.6 Å². The van der Waals surface area contributed by atoms with E-state index in [1.165, 1.54) is 12.8 Å². The van der Waals surface area contributed by atoms with Crippen molar-refractivity contribution in [2.24, 2.45) is 0 Å². The van der Waals surface area contributed by atoms with Crippen LogP contribution in [0.4, 0.5) is 11.6 Å². The molecule has 1 saturated heterocycles. The molecule has 2 N–H and O–H groups in total. The summed E-state index contributed by atoms with van der Waals surface area (Å²) in [4.78, 5) is 11.5. The fourth-order valence-corrected chi connectivity index (χ4v) is 2.57. The Labute approximate surface area is 114 Å². The molecule has 0 amide bonds. The van der Waals surface area contributed by atoms with Crippen molar-refractivity contribution in [1.29, 1.82) is 0 Å². The monoisotopic (exact) mass is 262 g/mol. The normalized spacial score (nSPS) is 22.6. The second-order valence-corrected chi connectivity index (χ2v) is 6.22. The zero-order chi connectivity index (χ0) is 13.6. The van der Waals surface area contributed by atoms with Crippen molar-refractivity contribution in [2.75, 3.05) is 30.3 Å². The van der Waals surface area contributed by atoms with Crippen LogP contribution in [0.25, 0.3) is 0 Å². The maximum absolute atomic E-state index is 6.05. The fourth-order valence-electron chi connectivity index (χ4n) is 2.57. The van der Waals surface area contributed by atoms with Gasteiger partial charge in [0.2, 0.25) is 0 Å². The second kappa shape index (κ2) is 4.34. The Morgan fingerprint density at radius 2 is 2.05 bits per heavy atom. The van der Waals surface area contributed by atoms with Crippen LogP contribution in [0.5, 0.6) is 0 Å². The van der Waals surface area contributed by atoms with E-state index in [-0.39, 0.29) is 5.60 Å². The Morgan fingerprint density at radius 1 is 1.32 bits per heavy atom. The van der Waals surface area contributed by atoms with Crippen molar-refractivity contribution in [1.82, 2.24) is 9.97 Å². The molecular weight excluding hydrogens is 240 g/mol. The van der Waals surface area contributed by atoms with E-state index in [4.69, 9.17) is 15.5 Å². The van der Waals surface area contributed by atoms with Crippen molar-refractivity contribution in [3.8, 4) is 0 Å². The average molecular weight is 262 g/mol. The van der Waals surface area contributed by atoms with Gasteiger partial charge in [-0.05, 0) is 33.6 Å². The van der Waals surface area contributed by atoms with Crippen LogP contribution in [0, 0.1) is 6.92 Å². The summed E-state index contributed by atoms with van der Waals surface area (Å²) >= 11 is 0. The number of anilines is 2. The molecule has 1 aromatic heterocycles. The number of nitrogen functional groups attached to an aromatic ring is 1. The highest BCUT2D eigenvalue weighted by atomic mass is 16.5. The maximum atomic E-state index is 6.05. The van der Waals surface area contributed by atoms with Gasteiger partial charge in [0.1, 0.15) is 17.5 Å². The van der Waals surface area contributed by atoms with Gasteiger partial charge in [-0.25, -0.2) is 9.97 Å². The highest BCUT2D eigenvalue weighted by Crippen LogP contribution is 2.40. The lowest BCUT2D eigenvalue weighted by molar-refractivity contribution is -0.0279. The van der Waals surface area contributed by atoms with Crippen LogP contribution in [0.3, 0.4) is 0 Å². The lowest BCUT2D eigenvalue weighted by Gasteiger charge is -2.39. The molecule has 1 aliphatic heterocycles. The van der Waals surface area contributed by atoms with Gasteiger partial charge in [-0.15, -0.1) is 0 Å². The molecule has 0 atom stereocenters. The Bertz CT molecular complexity index is 496. The van der Waals surface area contributed by atoms with E-state index in [1.807, 2.05) is 6.92 Å². The zero-order valence-corrected chi connectivity index (χ0v) is 11.9. The van der Waals surface area contributed by atoms with Crippen LogP contribution in [0.2, 0.25) is 0 Å². The van der Waals surface area contributed by atoms with Crippen LogP contribution in [-0.2, 0) is 4.74 Å². The molecule has 0 bridgehead atoms. The third kappa shape index (κ3) is 2.52. The molecule has 104 valence electrons. The molecule has 0 spiro atoms. The first-order valence-corrected chi connectivity index (χ1v) is 6.99. The first kappa shape index (κ1) is 12.7. The van der Waals surface area contributed by atoms with E-state index >= 15 is 0 Å². The molecule has 2 fully saturated rings. The topological polar surface area (TPSA) is 64.3 Å². The van der Waals surface area contributed by atoms with Crippen molar-refractivity contribution in [2.45, 2.75) is 45.1 Å². The van der Waals surface area contributed by atoms with Gasteiger partial charge in [0.25, 0.3) is 0 Å². The molecule has 1 aromatic rings. The average Bonchev–Trinajstić information content (AvgIpc) is 3.15. The van der Waals surface area contributed by atoms with Gasteiger partial charge < -0.3 is 15.4 Å². The number of hydrogen-bond acceptors (Lipinski definition) is 5. The zero-order valence-electron chi connectivity index (χ0n) is 11.9. The minimum Gasteiger partial charge on any atom is -0.383 e. The van der Waals surface area contributed by atoms with Crippen molar-refractivity contribution in [3.05, 3.63) is 11.4 Å². The smallest absolute Gasteiger partial charge is 0.137 e. The van der Waals surface area contributed by atoms with Gasteiger partial charge in [-0.2, -0.15) is 0 Å². The Morgan fingerprint density at radius 3 is 2.68 bits per heavy atom. The van der Waals surface area contributed by atoms with Crippen molar-refractivity contribution in [3.63, 3.8) is 0 Å². The predicted molar refractivity (Wildman–Crippen MR) is 75.4 cm³/mol. The number of hydrogen-bond donors (Lipinski definition) is 1. The lowest BCUT2D eigenvalue weighted by atomic mass is 10.1. The molecule has 0 unspecified atom stereocenters. The van der Waals surface area contributed by atoms with E-state index in [9.17, 15) is 0 Å². The third-order valence-electron chi connectivity index (χ3n) is 3.84. The molecule has 3 rings (SSSR count). The summed E-state index contributed by atoms with van der Waals surface area (Å²) in [6.45, 7) is 8.67. The Hall–Kier alpha value is -1.36. The maximum Gasteiger partial charge on any atom is 0.137 e. The highest BCUT2D eigenvalue weighted by Gasteiger charge is 2.32. The number of morpholine rings is 1. The lowest BCUT2D eigenvalue weighted by Crippen LogP contribution is -2.49.